The Morgan fingerprint density at radius 3 is 2.17 bits per heavy atom. The van der Waals surface area contributed by atoms with Crippen LogP contribution < -0.4 is 9.62 Å². The average Bonchev–Trinajstić information content (AvgIpc) is 3.55. The van der Waals surface area contributed by atoms with Crippen molar-refractivity contribution in [2.75, 3.05) is 10.8 Å². The van der Waals surface area contributed by atoms with Crippen molar-refractivity contribution < 1.29 is 18.0 Å². The molecule has 0 radical (unpaired) electrons. The second-order valence-corrected chi connectivity index (χ2v) is 14.3. The summed E-state index contributed by atoms with van der Waals surface area (Å²) in [4.78, 5) is 30.3. The molecule has 46 heavy (non-hydrogen) atoms. The Labute approximate surface area is 277 Å². The number of aryl methyl sites for hydroxylation is 2. The third-order valence-corrected chi connectivity index (χ3v) is 10.4. The zero-order chi connectivity index (χ0) is 32.7. The molecular formula is C37H40ClN3O4S. The topological polar surface area (TPSA) is 86.8 Å². The Hall–Kier alpha value is -4.14. The molecule has 240 valence electrons. The molecule has 0 spiro atoms. The molecular weight excluding hydrogens is 618 g/mol. The van der Waals surface area contributed by atoms with E-state index in [0.717, 1.165) is 52.2 Å². The maximum atomic E-state index is 14.6. The number of rotatable bonds is 12. The standard InChI is InChI=1S/C37H40ClN3O4S/c1-27-18-20-34(21-19-27)46(44,45)41(33-17-9-14-31(38)24-33)26-36(42)40(25-30-13-8-10-28(2)22-30)35(23-29-11-4-3-5-12-29)37(43)39-32-15-6-7-16-32/h3-5,8-14,17-22,24,32,35H,6-7,15-16,23,25-26H2,1-2H3,(H,39,43)/t35-/m0/s1. The summed E-state index contributed by atoms with van der Waals surface area (Å²) >= 11 is 6.32. The van der Waals surface area contributed by atoms with Gasteiger partial charge in [0.25, 0.3) is 10.0 Å². The molecule has 9 heteroatoms. The number of sulfonamides is 1. The van der Waals surface area contributed by atoms with Gasteiger partial charge in [-0.2, -0.15) is 0 Å². The number of hydrogen-bond donors (Lipinski definition) is 1. The van der Waals surface area contributed by atoms with Crippen molar-refractivity contribution >= 4 is 39.1 Å². The third kappa shape index (κ3) is 8.36. The molecule has 0 aliphatic heterocycles. The van der Waals surface area contributed by atoms with Crippen molar-refractivity contribution in [2.45, 2.75) is 69.5 Å². The highest BCUT2D eigenvalue weighted by molar-refractivity contribution is 7.92. The zero-order valence-electron chi connectivity index (χ0n) is 26.2. The summed E-state index contributed by atoms with van der Waals surface area (Å²) in [5.41, 5.74) is 3.92. The lowest BCUT2D eigenvalue weighted by Crippen LogP contribution is -2.54. The lowest BCUT2D eigenvalue weighted by Gasteiger charge is -2.34. The lowest BCUT2D eigenvalue weighted by atomic mass is 10.0. The van der Waals surface area contributed by atoms with Crippen LogP contribution >= 0.6 is 11.6 Å². The van der Waals surface area contributed by atoms with Gasteiger partial charge < -0.3 is 10.2 Å². The minimum atomic E-state index is -4.19. The number of carbonyl (C=O) groups excluding carboxylic acids is 2. The van der Waals surface area contributed by atoms with E-state index in [9.17, 15) is 18.0 Å². The fourth-order valence-electron chi connectivity index (χ4n) is 5.93. The number of benzene rings is 4. The summed E-state index contributed by atoms with van der Waals surface area (Å²) in [6, 6.07) is 29.5. The second-order valence-electron chi connectivity index (χ2n) is 12.0. The Morgan fingerprint density at radius 1 is 0.826 bits per heavy atom. The van der Waals surface area contributed by atoms with Crippen LogP contribution in [0.15, 0.2) is 108 Å². The fraction of sp³-hybridized carbons (Fsp3) is 0.297. The average molecular weight is 658 g/mol. The molecule has 0 unspecified atom stereocenters. The lowest BCUT2D eigenvalue weighted by molar-refractivity contribution is -0.140. The summed E-state index contributed by atoms with van der Waals surface area (Å²) in [6.07, 6.45) is 4.16. The van der Waals surface area contributed by atoms with E-state index in [2.05, 4.69) is 5.32 Å². The summed E-state index contributed by atoms with van der Waals surface area (Å²) in [7, 11) is -4.19. The van der Waals surface area contributed by atoms with Crippen molar-refractivity contribution in [3.8, 4) is 0 Å². The van der Waals surface area contributed by atoms with Gasteiger partial charge >= 0.3 is 0 Å². The summed E-state index contributed by atoms with van der Waals surface area (Å²) in [5, 5.41) is 3.54. The Balaban J connectivity index is 1.57. The van der Waals surface area contributed by atoms with Crippen LogP contribution in [0, 0.1) is 13.8 Å². The highest BCUT2D eigenvalue weighted by atomic mass is 35.5. The highest BCUT2D eigenvalue weighted by Crippen LogP contribution is 2.28. The van der Waals surface area contributed by atoms with Crippen LogP contribution in [-0.2, 0) is 32.6 Å². The van der Waals surface area contributed by atoms with E-state index < -0.39 is 28.5 Å². The zero-order valence-corrected chi connectivity index (χ0v) is 27.8. The van der Waals surface area contributed by atoms with Crippen molar-refractivity contribution in [1.29, 1.82) is 0 Å². The third-order valence-electron chi connectivity index (χ3n) is 8.39. The maximum Gasteiger partial charge on any atom is 0.264 e. The normalized spacial score (nSPS) is 14.1. The smallest absolute Gasteiger partial charge is 0.264 e. The molecule has 0 bridgehead atoms. The minimum Gasteiger partial charge on any atom is -0.352 e. The van der Waals surface area contributed by atoms with Gasteiger partial charge in [-0.3, -0.25) is 13.9 Å². The van der Waals surface area contributed by atoms with E-state index in [-0.39, 0.29) is 35.5 Å². The highest BCUT2D eigenvalue weighted by Gasteiger charge is 2.35. The molecule has 1 aliphatic carbocycles. The van der Waals surface area contributed by atoms with Crippen LogP contribution in [0.4, 0.5) is 5.69 Å². The largest absolute Gasteiger partial charge is 0.352 e. The van der Waals surface area contributed by atoms with Gasteiger partial charge in [-0.1, -0.05) is 108 Å². The molecule has 2 amide bonds. The van der Waals surface area contributed by atoms with E-state index in [0.29, 0.717) is 5.02 Å². The van der Waals surface area contributed by atoms with Crippen LogP contribution in [-0.4, -0.2) is 43.8 Å². The first-order valence-electron chi connectivity index (χ1n) is 15.6. The van der Waals surface area contributed by atoms with Gasteiger partial charge in [-0.05, 0) is 68.1 Å². The van der Waals surface area contributed by atoms with Gasteiger partial charge in [0, 0.05) is 24.0 Å². The molecule has 4 aromatic rings. The number of carbonyl (C=O) groups is 2. The molecule has 5 rings (SSSR count). The van der Waals surface area contributed by atoms with E-state index in [1.807, 2.05) is 68.4 Å². The van der Waals surface area contributed by atoms with Crippen LogP contribution in [0.2, 0.25) is 5.02 Å². The first-order chi connectivity index (χ1) is 22.1. The molecule has 1 N–H and O–H groups in total. The van der Waals surface area contributed by atoms with Crippen LogP contribution in [0.3, 0.4) is 0 Å². The van der Waals surface area contributed by atoms with E-state index in [1.165, 1.54) is 23.1 Å². The molecule has 4 aromatic carbocycles. The van der Waals surface area contributed by atoms with Crippen LogP contribution in [0.25, 0.3) is 0 Å². The number of halogens is 1. The van der Waals surface area contributed by atoms with Crippen LogP contribution in [0.5, 0.6) is 0 Å². The molecule has 1 fully saturated rings. The molecule has 0 saturated heterocycles. The Morgan fingerprint density at radius 2 is 1.50 bits per heavy atom. The summed E-state index contributed by atoms with van der Waals surface area (Å²) in [5.74, 6) is -0.743. The van der Waals surface area contributed by atoms with E-state index >= 15 is 0 Å². The minimum absolute atomic E-state index is 0.0477. The number of nitrogens with one attached hydrogen (secondary N) is 1. The van der Waals surface area contributed by atoms with Crippen molar-refractivity contribution in [2.24, 2.45) is 0 Å². The van der Waals surface area contributed by atoms with E-state index in [4.69, 9.17) is 11.6 Å². The van der Waals surface area contributed by atoms with Crippen molar-refractivity contribution in [3.63, 3.8) is 0 Å². The maximum absolute atomic E-state index is 14.6. The molecule has 0 heterocycles. The number of amides is 2. The fourth-order valence-corrected chi connectivity index (χ4v) is 7.52. The molecule has 1 aliphatic rings. The van der Waals surface area contributed by atoms with Crippen molar-refractivity contribution in [3.05, 3.63) is 130 Å². The van der Waals surface area contributed by atoms with Crippen LogP contribution in [0.1, 0.15) is 47.9 Å². The molecule has 1 atom stereocenters. The molecule has 7 nitrogen and oxygen atoms in total. The van der Waals surface area contributed by atoms with Crippen molar-refractivity contribution in [1.82, 2.24) is 10.2 Å². The molecule has 0 aromatic heterocycles. The van der Waals surface area contributed by atoms with Gasteiger partial charge in [0.15, 0.2) is 0 Å². The molecule has 1 saturated carbocycles. The number of nitrogens with zero attached hydrogens (tertiary/aromatic N) is 2. The first-order valence-corrected chi connectivity index (χ1v) is 17.5. The SMILES string of the molecule is Cc1ccc(S(=O)(=O)N(CC(=O)N(Cc2cccc(C)c2)[C@@H](Cc2ccccc2)C(=O)NC2CCCC2)c2cccc(Cl)c2)cc1. The van der Waals surface area contributed by atoms with Gasteiger partial charge in [-0.15, -0.1) is 0 Å². The number of hydrogen-bond acceptors (Lipinski definition) is 4. The van der Waals surface area contributed by atoms with E-state index in [1.54, 1.807) is 30.3 Å². The number of anilines is 1. The Kier molecular flexibility index (Phi) is 10.8. The predicted octanol–water partition coefficient (Wildman–Crippen LogP) is 6.85. The predicted molar refractivity (Wildman–Crippen MR) is 183 cm³/mol. The van der Waals surface area contributed by atoms with Gasteiger partial charge in [-0.25, -0.2) is 8.42 Å². The monoisotopic (exact) mass is 657 g/mol. The van der Waals surface area contributed by atoms with Gasteiger partial charge in [0.05, 0.1) is 10.6 Å². The van der Waals surface area contributed by atoms with Gasteiger partial charge in [0.1, 0.15) is 12.6 Å². The second kappa shape index (κ2) is 15.0. The summed E-state index contributed by atoms with van der Waals surface area (Å²) < 4.78 is 29.4. The Bertz CT molecular complexity index is 1760. The first kappa shape index (κ1) is 33.2. The quantitative estimate of drug-likeness (QED) is 0.181. The summed E-state index contributed by atoms with van der Waals surface area (Å²) in [6.45, 7) is 3.45. The van der Waals surface area contributed by atoms with Gasteiger partial charge in [0.2, 0.25) is 11.8 Å².